The Morgan fingerprint density at radius 1 is 1.50 bits per heavy atom. The highest BCUT2D eigenvalue weighted by atomic mass is 19.1. The summed E-state index contributed by atoms with van der Waals surface area (Å²) >= 11 is 0. The molecule has 3 nitrogen and oxygen atoms in total. The maximum atomic E-state index is 13.0. The van der Waals surface area contributed by atoms with E-state index in [2.05, 4.69) is 5.32 Å². The maximum Gasteiger partial charge on any atom is 0.123 e. The van der Waals surface area contributed by atoms with Gasteiger partial charge in [-0.25, -0.2) is 4.39 Å². The number of benzene rings is 1. The Morgan fingerprint density at radius 3 is 2.81 bits per heavy atom. The van der Waals surface area contributed by atoms with Crippen molar-refractivity contribution in [3.63, 3.8) is 0 Å². The highest BCUT2D eigenvalue weighted by molar-refractivity contribution is 5.20. The number of hydrogen-bond donors (Lipinski definition) is 2. The molecule has 0 bridgehead atoms. The molecule has 1 aromatic rings. The van der Waals surface area contributed by atoms with Gasteiger partial charge in [0.1, 0.15) is 5.82 Å². The van der Waals surface area contributed by atoms with Crippen LogP contribution in [0.4, 0.5) is 4.39 Å². The Balaban J connectivity index is 2.60. The zero-order valence-corrected chi connectivity index (χ0v) is 9.74. The van der Waals surface area contributed by atoms with Crippen molar-refractivity contribution in [2.24, 2.45) is 5.73 Å². The summed E-state index contributed by atoms with van der Waals surface area (Å²) in [6, 6.07) is 6.45. The molecule has 0 saturated heterocycles. The molecule has 90 valence electrons. The fourth-order valence-corrected chi connectivity index (χ4v) is 1.45. The second-order valence-corrected chi connectivity index (χ2v) is 3.80. The van der Waals surface area contributed by atoms with Crippen molar-refractivity contribution in [3.05, 3.63) is 35.6 Å². The highest BCUT2D eigenvalue weighted by Crippen LogP contribution is 2.13. The molecule has 0 heterocycles. The first-order chi connectivity index (χ1) is 7.67. The number of hydrogen-bond acceptors (Lipinski definition) is 3. The van der Waals surface area contributed by atoms with Gasteiger partial charge < -0.3 is 15.8 Å². The third kappa shape index (κ3) is 3.89. The van der Waals surface area contributed by atoms with Crippen LogP contribution in [-0.2, 0) is 4.74 Å². The molecule has 0 aliphatic rings. The molecule has 1 aromatic carbocycles. The highest BCUT2D eigenvalue weighted by Gasteiger charge is 2.10. The second kappa shape index (κ2) is 6.58. The second-order valence-electron chi connectivity index (χ2n) is 3.80. The minimum atomic E-state index is -0.238. The summed E-state index contributed by atoms with van der Waals surface area (Å²) in [5.74, 6) is -0.238. The zero-order chi connectivity index (χ0) is 12.0. The Hall–Kier alpha value is -0.970. The smallest absolute Gasteiger partial charge is 0.123 e. The van der Waals surface area contributed by atoms with Crippen molar-refractivity contribution in [2.45, 2.75) is 19.1 Å². The van der Waals surface area contributed by atoms with Crippen LogP contribution in [0.3, 0.4) is 0 Å². The Bertz CT molecular complexity index is 320. The number of nitrogens with two attached hydrogens (primary N) is 1. The summed E-state index contributed by atoms with van der Waals surface area (Å²) in [7, 11) is 1.66. The van der Waals surface area contributed by atoms with Gasteiger partial charge in [0.15, 0.2) is 0 Å². The quantitative estimate of drug-likeness (QED) is 0.772. The van der Waals surface area contributed by atoms with Crippen LogP contribution in [0.15, 0.2) is 24.3 Å². The average molecular weight is 226 g/mol. The van der Waals surface area contributed by atoms with Crippen molar-refractivity contribution >= 4 is 0 Å². The molecule has 2 unspecified atom stereocenters. The predicted molar refractivity (Wildman–Crippen MR) is 62.7 cm³/mol. The summed E-state index contributed by atoms with van der Waals surface area (Å²) in [5.41, 5.74) is 6.52. The van der Waals surface area contributed by atoms with Gasteiger partial charge in [-0.2, -0.15) is 0 Å². The van der Waals surface area contributed by atoms with Crippen LogP contribution >= 0.6 is 0 Å². The number of rotatable bonds is 6. The van der Waals surface area contributed by atoms with Gasteiger partial charge in [0.2, 0.25) is 0 Å². The van der Waals surface area contributed by atoms with Crippen LogP contribution < -0.4 is 11.1 Å². The minimum Gasteiger partial charge on any atom is -0.380 e. The van der Waals surface area contributed by atoms with Crippen LogP contribution in [-0.4, -0.2) is 26.3 Å². The van der Waals surface area contributed by atoms with E-state index in [0.29, 0.717) is 13.1 Å². The lowest BCUT2D eigenvalue weighted by atomic mass is 10.1. The van der Waals surface area contributed by atoms with E-state index in [1.165, 1.54) is 12.1 Å². The summed E-state index contributed by atoms with van der Waals surface area (Å²) in [6.07, 6.45) is 0.114. The first-order valence-electron chi connectivity index (χ1n) is 5.39. The topological polar surface area (TPSA) is 47.3 Å². The van der Waals surface area contributed by atoms with Crippen LogP contribution in [0.5, 0.6) is 0 Å². The van der Waals surface area contributed by atoms with Crippen LogP contribution in [0.2, 0.25) is 0 Å². The molecule has 3 N–H and O–H groups in total. The molecule has 0 aliphatic carbocycles. The minimum absolute atomic E-state index is 0.0340. The third-order valence-corrected chi connectivity index (χ3v) is 2.54. The number of nitrogens with one attached hydrogen (secondary N) is 1. The van der Waals surface area contributed by atoms with Gasteiger partial charge in [-0.3, -0.25) is 0 Å². The molecular formula is C12H19FN2O. The average Bonchev–Trinajstić information content (AvgIpc) is 2.29. The Labute approximate surface area is 95.8 Å². The van der Waals surface area contributed by atoms with Crippen LogP contribution in [0, 0.1) is 5.82 Å². The molecule has 2 atom stereocenters. The lowest BCUT2D eigenvalue weighted by Gasteiger charge is -2.19. The fourth-order valence-electron chi connectivity index (χ4n) is 1.45. The third-order valence-electron chi connectivity index (χ3n) is 2.54. The molecular weight excluding hydrogens is 207 g/mol. The van der Waals surface area contributed by atoms with E-state index >= 15 is 0 Å². The SMILES string of the molecule is COC(C)CNC(CN)c1cccc(F)c1. The van der Waals surface area contributed by atoms with Gasteiger partial charge in [-0.15, -0.1) is 0 Å². The number of ether oxygens (including phenoxy) is 1. The van der Waals surface area contributed by atoms with Crippen molar-refractivity contribution in [2.75, 3.05) is 20.2 Å². The van der Waals surface area contributed by atoms with E-state index in [4.69, 9.17) is 10.5 Å². The molecule has 0 aromatic heterocycles. The fraction of sp³-hybridized carbons (Fsp3) is 0.500. The molecule has 1 rings (SSSR count). The lowest BCUT2D eigenvalue weighted by molar-refractivity contribution is 0.114. The van der Waals surface area contributed by atoms with Crippen molar-refractivity contribution in [3.8, 4) is 0 Å². The van der Waals surface area contributed by atoms with Gasteiger partial charge in [-0.05, 0) is 24.6 Å². The summed E-state index contributed by atoms with van der Waals surface area (Å²) in [4.78, 5) is 0. The molecule has 0 amide bonds. The predicted octanol–water partition coefficient (Wildman–Crippen LogP) is 1.45. The molecule has 0 aliphatic heterocycles. The number of halogens is 1. The van der Waals surface area contributed by atoms with Gasteiger partial charge >= 0.3 is 0 Å². The molecule has 0 radical (unpaired) electrons. The van der Waals surface area contributed by atoms with E-state index in [1.807, 2.05) is 13.0 Å². The lowest BCUT2D eigenvalue weighted by Crippen LogP contribution is -2.34. The van der Waals surface area contributed by atoms with Crippen LogP contribution in [0.1, 0.15) is 18.5 Å². The molecule has 0 spiro atoms. The van der Waals surface area contributed by atoms with Crippen molar-refractivity contribution in [1.82, 2.24) is 5.32 Å². The van der Waals surface area contributed by atoms with E-state index in [-0.39, 0.29) is 18.0 Å². The molecule has 0 fully saturated rings. The summed E-state index contributed by atoms with van der Waals surface area (Å²) in [6.45, 7) is 3.08. The maximum absolute atomic E-state index is 13.0. The molecule has 0 saturated carbocycles. The molecule has 4 heteroatoms. The first-order valence-corrected chi connectivity index (χ1v) is 5.39. The summed E-state index contributed by atoms with van der Waals surface area (Å²) in [5, 5.41) is 3.25. The van der Waals surface area contributed by atoms with Crippen molar-refractivity contribution < 1.29 is 9.13 Å². The number of methoxy groups -OCH3 is 1. The van der Waals surface area contributed by atoms with E-state index in [0.717, 1.165) is 5.56 Å². The van der Waals surface area contributed by atoms with Crippen molar-refractivity contribution in [1.29, 1.82) is 0 Å². The Morgan fingerprint density at radius 2 is 2.25 bits per heavy atom. The first kappa shape index (κ1) is 13.1. The largest absolute Gasteiger partial charge is 0.380 e. The Kier molecular flexibility index (Phi) is 5.38. The monoisotopic (exact) mass is 226 g/mol. The van der Waals surface area contributed by atoms with Gasteiger partial charge in [-0.1, -0.05) is 12.1 Å². The van der Waals surface area contributed by atoms with E-state index in [9.17, 15) is 4.39 Å². The summed E-state index contributed by atoms with van der Waals surface area (Å²) < 4.78 is 18.2. The normalized spacial score (nSPS) is 14.8. The van der Waals surface area contributed by atoms with Gasteiger partial charge in [0.05, 0.1) is 6.10 Å². The van der Waals surface area contributed by atoms with Crippen LogP contribution in [0.25, 0.3) is 0 Å². The zero-order valence-electron chi connectivity index (χ0n) is 9.74. The van der Waals surface area contributed by atoms with Gasteiger partial charge in [0.25, 0.3) is 0 Å². The van der Waals surface area contributed by atoms with E-state index in [1.54, 1.807) is 13.2 Å². The van der Waals surface area contributed by atoms with Gasteiger partial charge in [0, 0.05) is 26.2 Å². The van der Waals surface area contributed by atoms with E-state index < -0.39 is 0 Å². The molecule has 16 heavy (non-hydrogen) atoms. The standard InChI is InChI=1S/C12H19FN2O/c1-9(16-2)8-15-12(7-14)10-4-3-5-11(13)6-10/h3-6,9,12,15H,7-8,14H2,1-2H3.